The van der Waals surface area contributed by atoms with Crippen molar-refractivity contribution in [1.82, 2.24) is 15.1 Å². The van der Waals surface area contributed by atoms with Crippen molar-refractivity contribution in [1.29, 1.82) is 0 Å². The van der Waals surface area contributed by atoms with Crippen LogP contribution in [0.25, 0.3) is 16.9 Å². The van der Waals surface area contributed by atoms with E-state index in [9.17, 15) is 4.79 Å². The number of amides is 1. The van der Waals surface area contributed by atoms with Gasteiger partial charge in [0.2, 0.25) is 0 Å². The first kappa shape index (κ1) is 24.7. The summed E-state index contributed by atoms with van der Waals surface area (Å²) in [5, 5.41) is 7.75. The van der Waals surface area contributed by atoms with Crippen LogP contribution in [0.3, 0.4) is 0 Å². The fraction of sp³-hybridized carbons (Fsp3) is 0.214. The maximum atomic E-state index is 13.3. The van der Waals surface area contributed by atoms with Crippen molar-refractivity contribution in [2.24, 2.45) is 0 Å². The average molecular weight is 488 g/mol. The highest BCUT2D eigenvalue weighted by Crippen LogP contribution is 2.28. The minimum absolute atomic E-state index is 0.229. The lowest BCUT2D eigenvalue weighted by Crippen LogP contribution is -2.27. The lowest BCUT2D eigenvalue weighted by molar-refractivity contribution is 0.0946. The molecular weight excluding hydrogens is 458 g/mol. The lowest BCUT2D eigenvalue weighted by Gasteiger charge is -2.11. The van der Waals surface area contributed by atoms with Crippen molar-refractivity contribution in [3.8, 4) is 39.9 Å². The Morgan fingerprint density at radius 2 is 1.56 bits per heavy atom. The Balaban J connectivity index is 1.58. The Morgan fingerprint density at radius 1 is 0.806 bits per heavy atom. The van der Waals surface area contributed by atoms with Crippen molar-refractivity contribution in [3.05, 3.63) is 84.1 Å². The van der Waals surface area contributed by atoms with E-state index in [0.29, 0.717) is 41.6 Å². The molecule has 36 heavy (non-hydrogen) atoms. The first-order valence-electron chi connectivity index (χ1n) is 11.4. The van der Waals surface area contributed by atoms with Crippen LogP contribution in [-0.4, -0.2) is 50.7 Å². The van der Waals surface area contributed by atoms with Gasteiger partial charge < -0.3 is 24.3 Å². The van der Waals surface area contributed by atoms with Crippen LogP contribution >= 0.6 is 0 Å². The Morgan fingerprint density at radius 3 is 2.25 bits per heavy atom. The molecule has 0 bridgehead atoms. The van der Waals surface area contributed by atoms with Crippen LogP contribution in [0.2, 0.25) is 0 Å². The minimum atomic E-state index is -0.229. The maximum absolute atomic E-state index is 13.3. The Labute approximate surface area is 210 Å². The molecule has 4 rings (SSSR count). The number of benzene rings is 3. The van der Waals surface area contributed by atoms with Crippen LogP contribution in [-0.2, 0) is 6.42 Å². The van der Waals surface area contributed by atoms with Crippen molar-refractivity contribution in [2.75, 3.05) is 35.0 Å². The van der Waals surface area contributed by atoms with Crippen molar-refractivity contribution in [3.63, 3.8) is 0 Å². The summed E-state index contributed by atoms with van der Waals surface area (Å²) >= 11 is 0. The lowest BCUT2D eigenvalue weighted by atomic mass is 10.1. The summed E-state index contributed by atoms with van der Waals surface area (Å²) in [7, 11) is 6.43. The van der Waals surface area contributed by atoms with Gasteiger partial charge in [0, 0.05) is 12.1 Å². The molecule has 1 heterocycles. The van der Waals surface area contributed by atoms with Crippen molar-refractivity contribution < 1.29 is 23.7 Å². The second kappa shape index (κ2) is 11.3. The number of nitrogens with zero attached hydrogens (tertiary/aromatic N) is 2. The predicted molar refractivity (Wildman–Crippen MR) is 138 cm³/mol. The highest BCUT2D eigenvalue weighted by molar-refractivity contribution is 5.94. The molecule has 0 aliphatic carbocycles. The van der Waals surface area contributed by atoms with Crippen LogP contribution in [0.4, 0.5) is 0 Å². The fourth-order valence-corrected chi connectivity index (χ4v) is 3.83. The summed E-state index contributed by atoms with van der Waals surface area (Å²) in [5.41, 5.74) is 3.70. The van der Waals surface area contributed by atoms with Crippen molar-refractivity contribution >= 4 is 5.91 Å². The van der Waals surface area contributed by atoms with E-state index >= 15 is 0 Å². The van der Waals surface area contributed by atoms with E-state index in [4.69, 9.17) is 24.0 Å². The zero-order valence-corrected chi connectivity index (χ0v) is 20.8. The molecule has 0 aliphatic heterocycles. The van der Waals surface area contributed by atoms with Gasteiger partial charge in [-0.25, -0.2) is 4.68 Å². The normalized spacial score (nSPS) is 10.6. The molecule has 0 radical (unpaired) electrons. The number of carbonyl (C=O) groups is 1. The van der Waals surface area contributed by atoms with Gasteiger partial charge in [-0.2, -0.15) is 5.10 Å². The van der Waals surface area contributed by atoms with Gasteiger partial charge in [-0.05, 0) is 66.6 Å². The van der Waals surface area contributed by atoms with Crippen LogP contribution in [0.1, 0.15) is 16.1 Å². The number of carbonyl (C=O) groups excluding carboxylic acids is 1. The van der Waals surface area contributed by atoms with Gasteiger partial charge in [0.1, 0.15) is 17.2 Å². The second-order valence-electron chi connectivity index (χ2n) is 7.95. The van der Waals surface area contributed by atoms with Gasteiger partial charge in [-0.3, -0.25) is 4.79 Å². The molecule has 0 unspecified atom stereocenters. The Bertz CT molecular complexity index is 1330. The van der Waals surface area contributed by atoms with E-state index in [0.717, 1.165) is 22.6 Å². The summed E-state index contributed by atoms with van der Waals surface area (Å²) in [4.78, 5) is 13.3. The van der Waals surface area contributed by atoms with E-state index in [1.165, 1.54) is 0 Å². The van der Waals surface area contributed by atoms with Crippen LogP contribution < -0.4 is 24.3 Å². The highest BCUT2D eigenvalue weighted by atomic mass is 16.5. The highest BCUT2D eigenvalue weighted by Gasteiger charge is 2.18. The molecule has 1 N–H and O–H groups in total. The first-order valence-corrected chi connectivity index (χ1v) is 11.4. The molecule has 186 valence electrons. The fourth-order valence-electron chi connectivity index (χ4n) is 3.83. The van der Waals surface area contributed by atoms with Gasteiger partial charge in [-0.15, -0.1) is 0 Å². The molecule has 0 atom stereocenters. The van der Waals surface area contributed by atoms with Crippen LogP contribution in [0.5, 0.6) is 23.0 Å². The largest absolute Gasteiger partial charge is 0.497 e. The predicted octanol–water partition coefficient (Wildman–Crippen LogP) is 4.55. The van der Waals surface area contributed by atoms with E-state index in [2.05, 4.69) is 5.32 Å². The molecule has 8 heteroatoms. The van der Waals surface area contributed by atoms with Crippen LogP contribution in [0.15, 0.2) is 72.8 Å². The third kappa shape index (κ3) is 5.43. The SMILES string of the molecule is COc1ccc(-n2nc(-c3cccc(OC)c3)cc2C(=O)NCCc2ccc(OC)c(OC)c2)cc1. The second-order valence-corrected chi connectivity index (χ2v) is 7.95. The molecule has 1 amide bonds. The van der Waals surface area contributed by atoms with E-state index in [-0.39, 0.29) is 5.91 Å². The van der Waals surface area contributed by atoms with Gasteiger partial charge >= 0.3 is 0 Å². The molecule has 0 spiro atoms. The number of hydrogen-bond acceptors (Lipinski definition) is 6. The minimum Gasteiger partial charge on any atom is -0.497 e. The molecule has 3 aromatic carbocycles. The summed E-state index contributed by atoms with van der Waals surface area (Å²) < 4.78 is 22.9. The third-order valence-corrected chi connectivity index (χ3v) is 5.77. The molecule has 0 saturated carbocycles. The van der Waals surface area contributed by atoms with Gasteiger partial charge in [0.15, 0.2) is 11.5 Å². The summed E-state index contributed by atoms with van der Waals surface area (Å²) in [6.07, 6.45) is 0.630. The number of rotatable bonds is 10. The van der Waals surface area contributed by atoms with E-state index in [1.54, 1.807) is 39.2 Å². The smallest absolute Gasteiger partial charge is 0.270 e. The Hall–Kier alpha value is -4.46. The topological polar surface area (TPSA) is 83.8 Å². The van der Waals surface area contributed by atoms with Crippen molar-refractivity contribution in [2.45, 2.75) is 6.42 Å². The van der Waals surface area contributed by atoms with E-state index in [1.807, 2.05) is 66.7 Å². The number of methoxy groups -OCH3 is 4. The third-order valence-electron chi connectivity index (χ3n) is 5.77. The maximum Gasteiger partial charge on any atom is 0.270 e. The van der Waals surface area contributed by atoms with Gasteiger partial charge in [0.25, 0.3) is 5.91 Å². The zero-order chi connectivity index (χ0) is 25.5. The number of nitrogens with one attached hydrogen (secondary N) is 1. The molecule has 4 aromatic rings. The zero-order valence-electron chi connectivity index (χ0n) is 20.8. The standard InChI is InChI=1S/C28H29N3O5/c1-33-22-11-9-21(10-12-22)31-25(18-24(30-31)20-6-5-7-23(17-20)34-2)28(32)29-15-14-19-8-13-26(35-3)27(16-19)36-4/h5-13,16-18H,14-15H2,1-4H3,(H,29,32). The summed E-state index contributed by atoms with van der Waals surface area (Å²) in [6.45, 7) is 0.441. The number of ether oxygens (including phenoxy) is 4. The molecular formula is C28H29N3O5. The van der Waals surface area contributed by atoms with Gasteiger partial charge in [-0.1, -0.05) is 18.2 Å². The molecule has 1 aromatic heterocycles. The first-order chi connectivity index (χ1) is 17.6. The molecule has 0 fully saturated rings. The summed E-state index contributed by atoms with van der Waals surface area (Å²) in [6, 6.07) is 22.5. The number of aromatic nitrogens is 2. The quantitative estimate of drug-likeness (QED) is 0.353. The summed E-state index contributed by atoms with van der Waals surface area (Å²) in [5.74, 6) is 2.53. The molecule has 0 aliphatic rings. The number of hydrogen-bond donors (Lipinski definition) is 1. The Kier molecular flexibility index (Phi) is 7.75. The molecule has 0 saturated heterocycles. The monoisotopic (exact) mass is 487 g/mol. The average Bonchev–Trinajstić information content (AvgIpc) is 3.38. The van der Waals surface area contributed by atoms with E-state index < -0.39 is 0 Å². The van der Waals surface area contributed by atoms with Gasteiger partial charge in [0.05, 0.1) is 39.8 Å². The molecule has 8 nitrogen and oxygen atoms in total. The van der Waals surface area contributed by atoms with Crippen LogP contribution in [0, 0.1) is 0 Å².